The van der Waals surface area contributed by atoms with E-state index in [1.807, 2.05) is 97.1 Å². The Labute approximate surface area is 356 Å². The number of carboxylic acids is 4. The van der Waals surface area contributed by atoms with Gasteiger partial charge in [0.1, 0.15) is 0 Å². The van der Waals surface area contributed by atoms with Crippen LogP contribution in [0.3, 0.4) is 0 Å². The summed E-state index contributed by atoms with van der Waals surface area (Å²) in [4.78, 5) is 47.8. The van der Waals surface area contributed by atoms with Crippen LogP contribution < -0.4 is 0 Å². The minimum Gasteiger partial charge on any atom is -0.478 e. The summed E-state index contributed by atoms with van der Waals surface area (Å²) in [5, 5.41) is 39.1. The Hall–Kier alpha value is -8.62. The van der Waals surface area contributed by atoms with Crippen LogP contribution in [0.15, 0.2) is 194 Å². The molecule has 0 radical (unpaired) electrons. The number of benzene rings is 8. The Morgan fingerprint density at radius 3 is 0.597 bits per heavy atom. The van der Waals surface area contributed by atoms with E-state index in [4.69, 9.17) is 0 Å². The van der Waals surface area contributed by atoms with Crippen molar-refractivity contribution in [1.29, 1.82) is 0 Å². The molecule has 0 aliphatic heterocycles. The lowest BCUT2D eigenvalue weighted by molar-refractivity contribution is 0.0686. The van der Waals surface area contributed by atoms with E-state index in [0.717, 1.165) is 77.9 Å². The summed E-state index contributed by atoms with van der Waals surface area (Å²) < 4.78 is 0. The predicted molar refractivity (Wildman–Crippen MR) is 240 cm³/mol. The molecule has 62 heavy (non-hydrogen) atoms. The molecule has 0 atom stereocenters. The van der Waals surface area contributed by atoms with Gasteiger partial charge in [-0.2, -0.15) is 0 Å². The second-order valence-electron chi connectivity index (χ2n) is 14.5. The molecule has 0 saturated heterocycles. The Balaban J connectivity index is 1.55. The van der Waals surface area contributed by atoms with Crippen LogP contribution in [0.25, 0.3) is 55.7 Å². The van der Waals surface area contributed by atoms with Crippen LogP contribution in [0.5, 0.6) is 0 Å². The zero-order chi connectivity index (χ0) is 43.3. The zero-order valence-corrected chi connectivity index (χ0v) is 32.9. The molecule has 0 bridgehead atoms. The molecule has 8 heteroatoms. The lowest BCUT2D eigenvalue weighted by Crippen LogP contribution is -2.04. The summed E-state index contributed by atoms with van der Waals surface area (Å²) >= 11 is 0. The molecule has 0 aliphatic rings. The highest BCUT2D eigenvalue weighted by atomic mass is 16.4. The van der Waals surface area contributed by atoms with Crippen molar-refractivity contribution < 1.29 is 39.6 Å². The van der Waals surface area contributed by atoms with Gasteiger partial charge in [0, 0.05) is 0 Å². The van der Waals surface area contributed by atoms with Crippen LogP contribution in [-0.2, 0) is 0 Å². The summed E-state index contributed by atoms with van der Waals surface area (Å²) in [5.41, 5.74) is 11.6. The molecule has 0 heterocycles. The van der Waals surface area contributed by atoms with E-state index in [9.17, 15) is 39.6 Å². The summed E-state index contributed by atoms with van der Waals surface area (Å²) in [7, 11) is 0. The van der Waals surface area contributed by atoms with E-state index in [0.29, 0.717) is 0 Å². The molecule has 0 aromatic heterocycles. The number of rotatable bonds is 12. The van der Waals surface area contributed by atoms with Gasteiger partial charge in [0.25, 0.3) is 0 Å². The predicted octanol–water partition coefficient (Wildman–Crippen LogP) is 12.2. The smallest absolute Gasteiger partial charge is 0.335 e. The third kappa shape index (κ3) is 8.04. The van der Waals surface area contributed by atoms with Gasteiger partial charge in [-0.05, 0) is 126 Å². The monoisotopic (exact) mass is 812 g/mol. The van der Waals surface area contributed by atoms with Gasteiger partial charge in [0.05, 0.1) is 22.3 Å². The first-order valence-corrected chi connectivity index (χ1v) is 19.6. The van der Waals surface area contributed by atoms with Gasteiger partial charge in [0.15, 0.2) is 0 Å². The largest absolute Gasteiger partial charge is 0.478 e. The van der Waals surface area contributed by atoms with E-state index in [1.165, 1.54) is 0 Å². The normalized spacial score (nSPS) is 10.8. The molecule has 0 saturated carbocycles. The van der Waals surface area contributed by atoms with Crippen molar-refractivity contribution in [1.82, 2.24) is 0 Å². The molecule has 0 aliphatic carbocycles. The first-order valence-electron chi connectivity index (χ1n) is 19.6. The highest BCUT2D eigenvalue weighted by Crippen LogP contribution is 2.47. The van der Waals surface area contributed by atoms with Crippen LogP contribution >= 0.6 is 0 Å². The number of carboxylic acid groups (broad SMARTS) is 4. The number of carbonyl (C=O) groups is 4. The maximum atomic E-state index is 11.9. The molecule has 8 aromatic rings. The van der Waals surface area contributed by atoms with Gasteiger partial charge in [-0.15, -0.1) is 0 Å². The van der Waals surface area contributed by atoms with E-state index >= 15 is 0 Å². The fourth-order valence-electron chi connectivity index (χ4n) is 7.81. The third-order valence-electron chi connectivity index (χ3n) is 10.8. The van der Waals surface area contributed by atoms with E-state index in [1.54, 1.807) is 97.1 Å². The first-order chi connectivity index (χ1) is 30.1. The van der Waals surface area contributed by atoms with Gasteiger partial charge in [-0.25, -0.2) is 19.2 Å². The summed E-state index contributed by atoms with van der Waals surface area (Å²) in [6.07, 6.45) is 0. The molecule has 8 nitrogen and oxygen atoms in total. The van der Waals surface area contributed by atoms with Crippen molar-refractivity contribution in [2.45, 2.75) is 0 Å². The fraction of sp³-hybridized carbons (Fsp3) is 0. The highest BCUT2D eigenvalue weighted by molar-refractivity contribution is 6.13. The van der Waals surface area contributed by atoms with Gasteiger partial charge in [-0.1, -0.05) is 146 Å². The summed E-state index contributed by atoms with van der Waals surface area (Å²) in [6, 6.07) is 58.4. The van der Waals surface area contributed by atoms with Gasteiger partial charge in [0.2, 0.25) is 0 Å². The standard InChI is InChI=1S/C54H36O8/c55-51(56)37-25-17-33(18-26-37)41-9-1-5-13-45(41)49(46-14-6-2-10-42(46)34-19-27-38(28-20-34)52(57)58)50(47-15-7-3-11-43(47)35-21-29-39(30-22-35)53(59)60)48-16-8-4-12-44(48)36-23-31-40(32-24-36)54(61)62/h1-32H,(H,55,56)(H,57,58)(H,59,60)(H,61,62). The molecule has 300 valence electrons. The number of aromatic carboxylic acids is 4. The van der Waals surface area contributed by atoms with E-state index < -0.39 is 23.9 Å². The minimum absolute atomic E-state index is 0.142. The Morgan fingerprint density at radius 1 is 0.242 bits per heavy atom. The Bertz CT molecular complexity index is 2620. The molecule has 0 spiro atoms. The lowest BCUT2D eigenvalue weighted by Gasteiger charge is -2.25. The third-order valence-corrected chi connectivity index (χ3v) is 10.8. The SMILES string of the molecule is O=C(O)c1ccc(-c2ccccc2C(=C(c2ccccc2-c2ccc(C(=O)O)cc2)c2ccccc2-c2ccc(C(=O)O)cc2)c2ccccc2-c2ccc(C(=O)O)cc2)cc1. The average molecular weight is 813 g/mol. The topological polar surface area (TPSA) is 149 Å². The second-order valence-corrected chi connectivity index (χ2v) is 14.5. The average Bonchev–Trinajstić information content (AvgIpc) is 3.31. The molecular weight excluding hydrogens is 777 g/mol. The second kappa shape index (κ2) is 17.3. The van der Waals surface area contributed by atoms with Gasteiger partial charge < -0.3 is 20.4 Å². The molecular formula is C54H36O8. The maximum Gasteiger partial charge on any atom is 0.335 e. The maximum absolute atomic E-state index is 11.9. The molecule has 0 unspecified atom stereocenters. The van der Waals surface area contributed by atoms with E-state index in [-0.39, 0.29) is 22.3 Å². The fourth-order valence-corrected chi connectivity index (χ4v) is 7.81. The van der Waals surface area contributed by atoms with Crippen LogP contribution in [-0.4, -0.2) is 44.3 Å². The van der Waals surface area contributed by atoms with Crippen LogP contribution in [0.1, 0.15) is 63.7 Å². The van der Waals surface area contributed by atoms with Crippen LogP contribution in [0.4, 0.5) is 0 Å². The van der Waals surface area contributed by atoms with Crippen LogP contribution in [0, 0.1) is 0 Å². The van der Waals surface area contributed by atoms with Crippen molar-refractivity contribution in [3.05, 3.63) is 239 Å². The molecule has 4 N–H and O–H groups in total. The molecule has 0 fully saturated rings. The van der Waals surface area contributed by atoms with Crippen molar-refractivity contribution >= 4 is 35.0 Å². The summed E-state index contributed by atoms with van der Waals surface area (Å²) in [6.45, 7) is 0. The van der Waals surface area contributed by atoms with Crippen molar-refractivity contribution in [3.63, 3.8) is 0 Å². The minimum atomic E-state index is -1.04. The van der Waals surface area contributed by atoms with E-state index in [2.05, 4.69) is 0 Å². The quantitative estimate of drug-likeness (QED) is 0.0891. The number of hydrogen-bond acceptors (Lipinski definition) is 4. The van der Waals surface area contributed by atoms with Gasteiger partial charge in [-0.3, -0.25) is 0 Å². The molecule has 0 amide bonds. The van der Waals surface area contributed by atoms with Crippen LogP contribution in [0.2, 0.25) is 0 Å². The van der Waals surface area contributed by atoms with Crippen molar-refractivity contribution in [3.8, 4) is 44.5 Å². The van der Waals surface area contributed by atoms with Gasteiger partial charge >= 0.3 is 23.9 Å². The zero-order valence-electron chi connectivity index (χ0n) is 32.9. The summed E-state index contributed by atoms with van der Waals surface area (Å²) in [5.74, 6) is -4.18. The molecule has 8 rings (SSSR count). The lowest BCUT2D eigenvalue weighted by atomic mass is 9.77. The van der Waals surface area contributed by atoms with Crippen molar-refractivity contribution in [2.75, 3.05) is 0 Å². The Kier molecular flexibility index (Phi) is 11.2. The Morgan fingerprint density at radius 2 is 0.419 bits per heavy atom. The molecule has 8 aromatic carbocycles. The highest BCUT2D eigenvalue weighted by Gasteiger charge is 2.26. The number of hydrogen-bond donors (Lipinski definition) is 4. The van der Waals surface area contributed by atoms with Crippen molar-refractivity contribution in [2.24, 2.45) is 0 Å². The first kappa shape index (κ1) is 40.2.